The van der Waals surface area contributed by atoms with E-state index in [9.17, 15) is 9.59 Å². The molecule has 0 saturated carbocycles. The molecule has 0 unspecified atom stereocenters. The standard InChI is InChI=1S/C22H25N5O2S/c1-4-16-7-11-18(12-8-16)24-20(28)14-30-22-26-25-19(27(22)3)13-23-21(29)17-9-5-15(2)6-10-17/h5-12H,4,13-14H2,1-3H3,(H,23,29)(H,24,28). The number of anilines is 1. The number of nitrogens with one attached hydrogen (secondary N) is 2. The first kappa shape index (κ1) is 21.6. The Morgan fingerprint density at radius 3 is 2.40 bits per heavy atom. The summed E-state index contributed by atoms with van der Waals surface area (Å²) in [4.78, 5) is 24.5. The van der Waals surface area contributed by atoms with Crippen LogP contribution in [-0.2, 0) is 24.8 Å². The molecule has 3 aromatic rings. The van der Waals surface area contributed by atoms with Crippen LogP contribution in [0.1, 0.15) is 34.2 Å². The molecule has 0 aliphatic rings. The van der Waals surface area contributed by atoms with Gasteiger partial charge in [-0.15, -0.1) is 10.2 Å². The topological polar surface area (TPSA) is 88.9 Å². The molecule has 8 heteroatoms. The lowest BCUT2D eigenvalue weighted by Gasteiger charge is -2.07. The van der Waals surface area contributed by atoms with E-state index in [0.717, 1.165) is 17.7 Å². The van der Waals surface area contributed by atoms with Crippen LogP contribution in [0.4, 0.5) is 5.69 Å². The van der Waals surface area contributed by atoms with Crippen LogP contribution in [0.2, 0.25) is 0 Å². The summed E-state index contributed by atoms with van der Waals surface area (Å²) in [6.45, 7) is 4.32. The van der Waals surface area contributed by atoms with Crippen LogP contribution in [0.15, 0.2) is 53.7 Å². The molecule has 0 aliphatic carbocycles. The number of aromatic nitrogens is 3. The Balaban J connectivity index is 1.50. The molecule has 0 radical (unpaired) electrons. The van der Waals surface area contributed by atoms with Crippen molar-refractivity contribution >= 4 is 29.3 Å². The number of benzene rings is 2. The highest BCUT2D eigenvalue weighted by Gasteiger charge is 2.13. The van der Waals surface area contributed by atoms with E-state index in [1.165, 1.54) is 17.3 Å². The normalized spacial score (nSPS) is 10.6. The molecule has 1 aromatic heterocycles. The highest BCUT2D eigenvalue weighted by Crippen LogP contribution is 2.17. The van der Waals surface area contributed by atoms with Crippen molar-refractivity contribution in [2.24, 2.45) is 7.05 Å². The number of carbonyl (C=O) groups excluding carboxylic acids is 2. The molecule has 1 heterocycles. The number of thioether (sulfide) groups is 1. The highest BCUT2D eigenvalue weighted by atomic mass is 32.2. The minimum absolute atomic E-state index is 0.110. The van der Waals surface area contributed by atoms with E-state index in [2.05, 4.69) is 27.8 Å². The first-order valence-corrected chi connectivity index (χ1v) is 10.7. The van der Waals surface area contributed by atoms with Gasteiger partial charge in [0, 0.05) is 18.3 Å². The van der Waals surface area contributed by atoms with Gasteiger partial charge in [-0.3, -0.25) is 9.59 Å². The molecule has 30 heavy (non-hydrogen) atoms. The lowest BCUT2D eigenvalue weighted by molar-refractivity contribution is -0.113. The van der Waals surface area contributed by atoms with Gasteiger partial charge in [0.25, 0.3) is 5.91 Å². The van der Waals surface area contributed by atoms with Crippen LogP contribution in [0.3, 0.4) is 0 Å². The zero-order chi connectivity index (χ0) is 21.5. The second-order valence-electron chi connectivity index (χ2n) is 6.89. The summed E-state index contributed by atoms with van der Waals surface area (Å²) in [6, 6.07) is 15.2. The summed E-state index contributed by atoms with van der Waals surface area (Å²) in [5.41, 5.74) is 3.70. The Morgan fingerprint density at radius 1 is 1.03 bits per heavy atom. The molecule has 0 bridgehead atoms. The molecule has 2 aromatic carbocycles. The fourth-order valence-electron chi connectivity index (χ4n) is 2.74. The van der Waals surface area contributed by atoms with Gasteiger partial charge in [0.15, 0.2) is 11.0 Å². The molecule has 0 spiro atoms. The molecule has 0 aliphatic heterocycles. The average molecular weight is 424 g/mol. The summed E-state index contributed by atoms with van der Waals surface area (Å²) < 4.78 is 1.78. The summed E-state index contributed by atoms with van der Waals surface area (Å²) in [5, 5.41) is 14.6. The Kier molecular flexibility index (Phi) is 7.24. The maximum atomic E-state index is 12.2. The van der Waals surface area contributed by atoms with Crippen molar-refractivity contribution < 1.29 is 9.59 Å². The summed E-state index contributed by atoms with van der Waals surface area (Å²) in [7, 11) is 1.82. The number of rotatable bonds is 8. The van der Waals surface area contributed by atoms with Crippen LogP contribution in [0, 0.1) is 6.92 Å². The molecule has 0 atom stereocenters. The maximum Gasteiger partial charge on any atom is 0.251 e. The van der Waals surface area contributed by atoms with E-state index in [1.54, 1.807) is 16.7 Å². The number of carbonyl (C=O) groups is 2. The number of hydrogen-bond donors (Lipinski definition) is 2. The van der Waals surface area contributed by atoms with Crippen molar-refractivity contribution in [1.82, 2.24) is 20.1 Å². The maximum absolute atomic E-state index is 12.2. The van der Waals surface area contributed by atoms with E-state index in [0.29, 0.717) is 16.5 Å². The van der Waals surface area contributed by atoms with Crippen LogP contribution in [-0.4, -0.2) is 32.3 Å². The Labute approximate surface area is 180 Å². The minimum Gasteiger partial charge on any atom is -0.345 e. The summed E-state index contributed by atoms with van der Waals surface area (Å²) in [5.74, 6) is 0.563. The molecular formula is C22H25N5O2S. The van der Waals surface area contributed by atoms with E-state index in [1.807, 2.05) is 50.4 Å². The van der Waals surface area contributed by atoms with Gasteiger partial charge in [-0.25, -0.2) is 0 Å². The molecule has 2 amide bonds. The Bertz CT molecular complexity index is 1010. The van der Waals surface area contributed by atoms with Gasteiger partial charge in [-0.1, -0.05) is 48.5 Å². The van der Waals surface area contributed by atoms with E-state index < -0.39 is 0 Å². The van der Waals surface area contributed by atoms with Crippen molar-refractivity contribution in [3.8, 4) is 0 Å². The van der Waals surface area contributed by atoms with Crippen molar-refractivity contribution in [2.75, 3.05) is 11.1 Å². The zero-order valence-electron chi connectivity index (χ0n) is 17.3. The third-order valence-corrected chi connectivity index (χ3v) is 5.64. The monoisotopic (exact) mass is 423 g/mol. The van der Waals surface area contributed by atoms with Crippen molar-refractivity contribution in [3.63, 3.8) is 0 Å². The van der Waals surface area contributed by atoms with Gasteiger partial charge in [-0.05, 0) is 43.2 Å². The predicted octanol–water partition coefficient (Wildman–Crippen LogP) is 3.35. The lowest BCUT2D eigenvalue weighted by Crippen LogP contribution is -2.24. The van der Waals surface area contributed by atoms with Gasteiger partial charge in [0.05, 0.1) is 12.3 Å². The second kappa shape index (κ2) is 10.1. The summed E-state index contributed by atoms with van der Waals surface area (Å²) >= 11 is 1.30. The number of hydrogen-bond acceptors (Lipinski definition) is 5. The van der Waals surface area contributed by atoms with E-state index in [4.69, 9.17) is 0 Å². The first-order chi connectivity index (χ1) is 14.5. The largest absolute Gasteiger partial charge is 0.345 e. The molecule has 156 valence electrons. The van der Waals surface area contributed by atoms with Crippen LogP contribution in [0.5, 0.6) is 0 Å². The second-order valence-corrected chi connectivity index (χ2v) is 7.84. The van der Waals surface area contributed by atoms with Crippen LogP contribution in [0.25, 0.3) is 0 Å². The molecule has 7 nitrogen and oxygen atoms in total. The third kappa shape index (κ3) is 5.70. The first-order valence-electron chi connectivity index (χ1n) is 9.71. The fraction of sp³-hybridized carbons (Fsp3) is 0.273. The highest BCUT2D eigenvalue weighted by molar-refractivity contribution is 7.99. The van der Waals surface area contributed by atoms with Crippen LogP contribution < -0.4 is 10.6 Å². The lowest BCUT2D eigenvalue weighted by atomic mass is 10.1. The third-order valence-electron chi connectivity index (χ3n) is 4.62. The Hall–Kier alpha value is -3.13. The van der Waals surface area contributed by atoms with Gasteiger partial charge in [-0.2, -0.15) is 0 Å². The van der Waals surface area contributed by atoms with Gasteiger partial charge in [0.1, 0.15) is 0 Å². The van der Waals surface area contributed by atoms with E-state index >= 15 is 0 Å². The minimum atomic E-state index is -0.166. The number of nitrogens with zero attached hydrogens (tertiary/aromatic N) is 3. The quantitative estimate of drug-likeness (QED) is 0.543. The summed E-state index contributed by atoms with van der Waals surface area (Å²) in [6.07, 6.45) is 0.962. The number of amides is 2. The van der Waals surface area contributed by atoms with Crippen molar-refractivity contribution in [3.05, 3.63) is 71.0 Å². The SMILES string of the molecule is CCc1ccc(NC(=O)CSc2nnc(CNC(=O)c3ccc(C)cc3)n2C)cc1. The van der Waals surface area contributed by atoms with Crippen LogP contribution >= 0.6 is 11.8 Å². The molecular weight excluding hydrogens is 398 g/mol. The zero-order valence-corrected chi connectivity index (χ0v) is 18.1. The molecule has 2 N–H and O–H groups in total. The van der Waals surface area contributed by atoms with Gasteiger partial charge in [0.2, 0.25) is 5.91 Å². The van der Waals surface area contributed by atoms with Crippen molar-refractivity contribution in [2.45, 2.75) is 32.0 Å². The van der Waals surface area contributed by atoms with Gasteiger partial charge < -0.3 is 15.2 Å². The predicted molar refractivity (Wildman–Crippen MR) is 119 cm³/mol. The fourth-order valence-corrected chi connectivity index (χ4v) is 3.47. The molecule has 0 fully saturated rings. The Morgan fingerprint density at radius 2 is 1.73 bits per heavy atom. The van der Waals surface area contributed by atoms with Gasteiger partial charge >= 0.3 is 0 Å². The smallest absolute Gasteiger partial charge is 0.251 e. The molecule has 3 rings (SSSR count). The van der Waals surface area contributed by atoms with Crippen molar-refractivity contribution in [1.29, 1.82) is 0 Å². The molecule has 0 saturated heterocycles. The average Bonchev–Trinajstić information content (AvgIpc) is 3.11. The van der Waals surface area contributed by atoms with E-state index in [-0.39, 0.29) is 24.1 Å². The number of aryl methyl sites for hydroxylation is 2.